The number of hydrogen-bond donors (Lipinski definition) is 2. The maximum absolute atomic E-state index is 10.9. The van der Waals surface area contributed by atoms with Crippen LogP contribution in [0.1, 0.15) is 21.9 Å². The van der Waals surface area contributed by atoms with Crippen molar-refractivity contribution in [2.45, 2.75) is 19.6 Å². The predicted molar refractivity (Wildman–Crippen MR) is 64.6 cm³/mol. The van der Waals surface area contributed by atoms with E-state index < -0.39 is 12.1 Å². The maximum atomic E-state index is 10.9. The first kappa shape index (κ1) is 14.7. The Labute approximate surface area is 106 Å². The smallest absolute Gasteiger partial charge is 0.339 e. The molecule has 0 fully saturated rings. The molecule has 0 bridgehead atoms. The van der Waals surface area contributed by atoms with Crippen LogP contribution in [0.2, 0.25) is 0 Å². The number of aliphatic hydroxyl groups is 1. The first-order chi connectivity index (χ1) is 8.43. The summed E-state index contributed by atoms with van der Waals surface area (Å²) in [6.07, 6.45) is -0.574. The third kappa shape index (κ3) is 4.14. The van der Waals surface area contributed by atoms with Gasteiger partial charge < -0.3 is 19.4 Å². The zero-order valence-electron chi connectivity index (χ0n) is 10.8. The van der Waals surface area contributed by atoms with Gasteiger partial charge in [-0.25, -0.2) is 4.79 Å². The Balaban J connectivity index is 2.56. The van der Waals surface area contributed by atoms with Gasteiger partial charge in [0.2, 0.25) is 0 Å². The van der Waals surface area contributed by atoms with Crippen LogP contribution in [0.15, 0.2) is 10.5 Å². The second-order valence-corrected chi connectivity index (χ2v) is 4.29. The highest BCUT2D eigenvalue weighted by Gasteiger charge is 2.15. The maximum Gasteiger partial charge on any atom is 0.339 e. The third-order valence-electron chi connectivity index (χ3n) is 2.51. The third-order valence-corrected chi connectivity index (χ3v) is 2.51. The summed E-state index contributed by atoms with van der Waals surface area (Å²) in [4.78, 5) is 12.7. The Bertz CT molecular complexity index is 401. The first-order valence-corrected chi connectivity index (χ1v) is 5.62. The number of ether oxygens (including phenoxy) is 1. The molecular weight excluding hydrogens is 238 g/mol. The van der Waals surface area contributed by atoms with Gasteiger partial charge in [0.15, 0.2) is 0 Å². The zero-order chi connectivity index (χ0) is 13.7. The molecule has 0 aromatic carbocycles. The molecule has 0 saturated carbocycles. The summed E-state index contributed by atoms with van der Waals surface area (Å²) >= 11 is 0. The standard InChI is InChI=1S/C12H19NO5/c1-8-11(12(15)16)4-10(18-8)6-13(2)5-9(14)7-17-3/h4,9,14H,5-7H2,1-3H3,(H,15,16). The number of aromatic carboxylic acids is 1. The molecular formula is C12H19NO5. The lowest BCUT2D eigenvalue weighted by atomic mass is 10.2. The predicted octanol–water partition coefficient (Wildman–Crippen LogP) is 0.725. The minimum absolute atomic E-state index is 0.177. The van der Waals surface area contributed by atoms with Crippen molar-refractivity contribution in [2.24, 2.45) is 0 Å². The summed E-state index contributed by atoms with van der Waals surface area (Å²) in [5, 5.41) is 18.5. The van der Waals surface area contributed by atoms with Gasteiger partial charge in [0.05, 0.1) is 19.3 Å². The quantitative estimate of drug-likeness (QED) is 0.749. The number of carboxylic acid groups (broad SMARTS) is 1. The summed E-state index contributed by atoms with van der Waals surface area (Å²) in [5.41, 5.74) is 0.177. The van der Waals surface area contributed by atoms with Crippen molar-refractivity contribution >= 4 is 5.97 Å². The van der Waals surface area contributed by atoms with Crippen LogP contribution >= 0.6 is 0 Å². The number of methoxy groups -OCH3 is 1. The molecule has 2 N–H and O–H groups in total. The van der Waals surface area contributed by atoms with Crippen LogP contribution in [0.4, 0.5) is 0 Å². The van der Waals surface area contributed by atoms with E-state index in [4.69, 9.17) is 14.3 Å². The molecule has 0 saturated heterocycles. The molecule has 1 atom stereocenters. The number of carbonyl (C=O) groups is 1. The molecule has 0 aliphatic carbocycles. The average Bonchev–Trinajstić information content (AvgIpc) is 2.59. The molecule has 0 radical (unpaired) electrons. The number of likely N-dealkylation sites (N-methyl/N-ethyl adjacent to an activating group) is 1. The van der Waals surface area contributed by atoms with Crippen molar-refractivity contribution in [1.82, 2.24) is 4.90 Å². The Kier molecular flexibility index (Phi) is 5.33. The van der Waals surface area contributed by atoms with Crippen molar-refractivity contribution in [3.05, 3.63) is 23.2 Å². The molecule has 0 amide bonds. The summed E-state index contributed by atoms with van der Waals surface area (Å²) in [6, 6.07) is 1.51. The molecule has 1 aromatic rings. The van der Waals surface area contributed by atoms with Gasteiger partial charge in [0, 0.05) is 13.7 Å². The minimum atomic E-state index is -0.996. The molecule has 6 heteroatoms. The number of aliphatic hydroxyl groups excluding tert-OH is 1. The van der Waals surface area contributed by atoms with Crippen molar-refractivity contribution < 1.29 is 24.2 Å². The topological polar surface area (TPSA) is 83.1 Å². The molecule has 0 spiro atoms. The summed E-state index contributed by atoms with van der Waals surface area (Å²) < 4.78 is 10.2. The number of hydrogen-bond acceptors (Lipinski definition) is 5. The first-order valence-electron chi connectivity index (χ1n) is 5.62. The fourth-order valence-electron chi connectivity index (χ4n) is 1.77. The molecule has 1 unspecified atom stereocenters. The Morgan fingerprint density at radius 1 is 1.61 bits per heavy atom. The minimum Gasteiger partial charge on any atom is -0.478 e. The van der Waals surface area contributed by atoms with E-state index >= 15 is 0 Å². The van der Waals surface area contributed by atoms with Crippen molar-refractivity contribution in [3.8, 4) is 0 Å². The average molecular weight is 257 g/mol. The largest absolute Gasteiger partial charge is 0.478 e. The summed E-state index contributed by atoms with van der Waals surface area (Å²) in [6.45, 7) is 2.75. The lowest BCUT2D eigenvalue weighted by Crippen LogP contribution is -2.31. The SMILES string of the molecule is COCC(O)CN(C)Cc1cc(C(=O)O)c(C)o1. The second kappa shape index (κ2) is 6.53. The van der Waals surface area contributed by atoms with E-state index in [1.54, 1.807) is 6.92 Å². The molecule has 1 aromatic heterocycles. The Morgan fingerprint density at radius 3 is 2.78 bits per heavy atom. The van der Waals surface area contributed by atoms with Gasteiger partial charge in [-0.3, -0.25) is 4.90 Å². The molecule has 102 valence electrons. The van der Waals surface area contributed by atoms with Crippen LogP contribution in [-0.4, -0.2) is 54.5 Å². The number of furan rings is 1. The molecule has 18 heavy (non-hydrogen) atoms. The van der Waals surface area contributed by atoms with Crippen LogP contribution in [0.5, 0.6) is 0 Å². The lowest BCUT2D eigenvalue weighted by molar-refractivity contribution is 0.0406. The monoisotopic (exact) mass is 257 g/mol. The number of rotatable bonds is 7. The molecule has 0 aliphatic rings. The summed E-state index contributed by atoms with van der Waals surface area (Å²) in [5.74, 6) is -0.0371. The van der Waals surface area contributed by atoms with E-state index in [9.17, 15) is 9.90 Å². The van der Waals surface area contributed by atoms with E-state index in [0.717, 1.165) is 0 Å². The van der Waals surface area contributed by atoms with Crippen LogP contribution in [0.3, 0.4) is 0 Å². The normalized spacial score (nSPS) is 12.9. The van der Waals surface area contributed by atoms with Gasteiger partial charge in [-0.2, -0.15) is 0 Å². The molecule has 6 nitrogen and oxygen atoms in total. The second-order valence-electron chi connectivity index (χ2n) is 4.29. The van der Waals surface area contributed by atoms with Crippen LogP contribution in [-0.2, 0) is 11.3 Å². The molecule has 1 heterocycles. The molecule has 1 rings (SSSR count). The van der Waals surface area contributed by atoms with Crippen molar-refractivity contribution in [3.63, 3.8) is 0 Å². The van der Waals surface area contributed by atoms with E-state index in [1.165, 1.54) is 13.2 Å². The highest BCUT2D eigenvalue weighted by atomic mass is 16.5. The van der Waals surface area contributed by atoms with Gasteiger partial charge in [0.25, 0.3) is 0 Å². The van der Waals surface area contributed by atoms with Gasteiger partial charge >= 0.3 is 5.97 Å². The summed E-state index contributed by atoms with van der Waals surface area (Å²) in [7, 11) is 3.34. The van der Waals surface area contributed by atoms with E-state index in [2.05, 4.69) is 0 Å². The highest BCUT2D eigenvalue weighted by molar-refractivity contribution is 5.88. The fraction of sp³-hybridized carbons (Fsp3) is 0.583. The Morgan fingerprint density at radius 2 is 2.28 bits per heavy atom. The Hall–Kier alpha value is -1.37. The van der Waals surface area contributed by atoms with Gasteiger partial charge in [-0.05, 0) is 20.0 Å². The van der Waals surface area contributed by atoms with Crippen LogP contribution < -0.4 is 0 Å². The van der Waals surface area contributed by atoms with Gasteiger partial charge in [-0.1, -0.05) is 0 Å². The van der Waals surface area contributed by atoms with Gasteiger partial charge in [-0.15, -0.1) is 0 Å². The number of aryl methyl sites for hydroxylation is 1. The number of nitrogens with zero attached hydrogens (tertiary/aromatic N) is 1. The fourth-order valence-corrected chi connectivity index (χ4v) is 1.77. The van der Waals surface area contributed by atoms with E-state index in [0.29, 0.717) is 24.6 Å². The lowest BCUT2D eigenvalue weighted by Gasteiger charge is -2.18. The van der Waals surface area contributed by atoms with E-state index in [-0.39, 0.29) is 12.2 Å². The number of carboxylic acids is 1. The van der Waals surface area contributed by atoms with Crippen molar-refractivity contribution in [2.75, 3.05) is 27.3 Å². The molecule has 0 aliphatic heterocycles. The van der Waals surface area contributed by atoms with Gasteiger partial charge in [0.1, 0.15) is 17.1 Å². The van der Waals surface area contributed by atoms with E-state index in [1.807, 2.05) is 11.9 Å². The van der Waals surface area contributed by atoms with Crippen LogP contribution in [0.25, 0.3) is 0 Å². The zero-order valence-corrected chi connectivity index (χ0v) is 10.8. The van der Waals surface area contributed by atoms with Crippen molar-refractivity contribution in [1.29, 1.82) is 0 Å². The van der Waals surface area contributed by atoms with Crippen LogP contribution in [0, 0.1) is 6.92 Å². The highest BCUT2D eigenvalue weighted by Crippen LogP contribution is 2.16.